The summed E-state index contributed by atoms with van der Waals surface area (Å²) in [5, 5.41) is 3.45. The zero-order valence-corrected chi connectivity index (χ0v) is 11.5. The lowest BCUT2D eigenvalue weighted by molar-refractivity contribution is 0.343. The molecule has 4 heteroatoms. The Morgan fingerprint density at radius 3 is 2.44 bits per heavy atom. The van der Waals surface area contributed by atoms with Crippen LogP contribution in [0, 0.1) is 11.8 Å². The van der Waals surface area contributed by atoms with Gasteiger partial charge < -0.3 is 5.32 Å². The summed E-state index contributed by atoms with van der Waals surface area (Å²) in [7, 11) is -2.74. The van der Waals surface area contributed by atoms with E-state index in [-0.39, 0.29) is 0 Å². The third-order valence-electron chi connectivity index (χ3n) is 3.36. The average Bonchev–Trinajstić information content (AvgIpc) is 2.53. The molecule has 3 nitrogen and oxygen atoms in total. The van der Waals surface area contributed by atoms with Crippen molar-refractivity contribution in [1.82, 2.24) is 5.32 Å². The fourth-order valence-electron chi connectivity index (χ4n) is 2.42. The van der Waals surface area contributed by atoms with Gasteiger partial charge in [-0.3, -0.25) is 0 Å². The first-order chi connectivity index (χ1) is 7.44. The molecule has 96 valence electrons. The lowest BCUT2D eigenvalue weighted by atomic mass is 9.92. The summed E-state index contributed by atoms with van der Waals surface area (Å²) < 4.78 is 22.9. The van der Waals surface area contributed by atoms with Gasteiger partial charge in [0.1, 0.15) is 0 Å². The highest BCUT2D eigenvalue weighted by Gasteiger charge is 2.32. The topological polar surface area (TPSA) is 46.2 Å². The monoisotopic (exact) mass is 247 g/mol. The van der Waals surface area contributed by atoms with Gasteiger partial charge in [-0.25, -0.2) is 8.42 Å². The Bertz CT molecular complexity index is 298. The Hall–Kier alpha value is -0.0900. The minimum absolute atomic E-state index is 0.337. The molecule has 1 N–H and O–H groups in total. The molecule has 0 radical (unpaired) electrons. The highest BCUT2D eigenvalue weighted by Crippen LogP contribution is 2.25. The van der Waals surface area contributed by atoms with Crippen molar-refractivity contribution in [2.24, 2.45) is 11.8 Å². The van der Waals surface area contributed by atoms with Gasteiger partial charge >= 0.3 is 0 Å². The van der Waals surface area contributed by atoms with Gasteiger partial charge in [0.05, 0.1) is 11.5 Å². The molecule has 0 bridgehead atoms. The Morgan fingerprint density at radius 1 is 1.31 bits per heavy atom. The van der Waals surface area contributed by atoms with Crippen molar-refractivity contribution < 1.29 is 8.42 Å². The largest absolute Gasteiger partial charge is 0.314 e. The fourth-order valence-corrected chi connectivity index (χ4v) is 4.30. The van der Waals surface area contributed by atoms with E-state index in [2.05, 4.69) is 26.1 Å². The summed E-state index contributed by atoms with van der Waals surface area (Å²) in [6.45, 7) is 7.45. The molecular formula is C12H25NO2S. The van der Waals surface area contributed by atoms with Crippen LogP contribution in [0.3, 0.4) is 0 Å². The smallest absolute Gasteiger partial charge is 0.150 e. The van der Waals surface area contributed by atoms with Crippen LogP contribution in [0.1, 0.15) is 40.0 Å². The van der Waals surface area contributed by atoms with Crippen LogP contribution in [0.5, 0.6) is 0 Å². The second-order valence-corrected chi connectivity index (χ2v) is 7.53. The van der Waals surface area contributed by atoms with E-state index < -0.39 is 9.84 Å². The molecule has 0 amide bonds. The molecular weight excluding hydrogens is 222 g/mol. The van der Waals surface area contributed by atoms with E-state index in [4.69, 9.17) is 0 Å². The van der Waals surface area contributed by atoms with Gasteiger partial charge in [-0.05, 0) is 37.6 Å². The SMILES string of the molecule is CCNC(CCC(C)C)C1CCS(=O)(=O)C1. The molecule has 1 rings (SSSR count). The Kier molecular flexibility index (Phi) is 5.25. The molecule has 2 atom stereocenters. The first-order valence-corrected chi connectivity index (χ1v) is 8.20. The van der Waals surface area contributed by atoms with Gasteiger partial charge in [0.25, 0.3) is 0 Å². The van der Waals surface area contributed by atoms with Crippen molar-refractivity contribution >= 4 is 9.84 Å². The molecule has 2 unspecified atom stereocenters. The summed E-state index contributed by atoms with van der Waals surface area (Å²) >= 11 is 0. The van der Waals surface area contributed by atoms with Crippen LogP contribution >= 0.6 is 0 Å². The number of hydrogen-bond acceptors (Lipinski definition) is 3. The number of hydrogen-bond donors (Lipinski definition) is 1. The molecule has 0 aromatic heterocycles. The van der Waals surface area contributed by atoms with E-state index in [1.807, 2.05) is 0 Å². The Morgan fingerprint density at radius 2 is 2.00 bits per heavy atom. The molecule has 0 aliphatic carbocycles. The molecule has 1 aliphatic heterocycles. The molecule has 1 aliphatic rings. The predicted octanol–water partition coefficient (Wildman–Crippen LogP) is 1.84. The second kappa shape index (κ2) is 6.01. The quantitative estimate of drug-likeness (QED) is 0.779. The van der Waals surface area contributed by atoms with E-state index in [9.17, 15) is 8.42 Å². The van der Waals surface area contributed by atoms with E-state index in [1.54, 1.807) is 0 Å². The molecule has 0 saturated carbocycles. The summed E-state index contributed by atoms with van der Waals surface area (Å²) in [5.41, 5.74) is 0. The maximum Gasteiger partial charge on any atom is 0.150 e. The van der Waals surface area contributed by atoms with Gasteiger partial charge in [-0.1, -0.05) is 20.8 Å². The van der Waals surface area contributed by atoms with E-state index in [0.29, 0.717) is 29.4 Å². The highest BCUT2D eigenvalue weighted by molar-refractivity contribution is 7.91. The average molecular weight is 247 g/mol. The van der Waals surface area contributed by atoms with Gasteiger partial charge in [0.15, 0.2) is 9.84 Å². The summed E-state index contributed by atoms with van der Waals surface area (Å²) in [4.78, 5) is 0. The normalized spacial score (nSPS) is 26.1. The first kappa shape index (κ1) is 14.0. The Labute approximate surface area is 99.9 Å². The molecule has 1 heterocycles. The third-order valence-corrected chi connectivity index (χ3v) is 5.15. The van der Waals surface area contributed by atoms with Crippen molar-refractivity contribution in [3.8, 4) is 0 Å². The number of sulfone groups is 1. The molecule has 1 saturated heterocycles. The highest BCUT2D eigenvalue weighted by atomic mass is 32.2. The van der Waals surface area contributed by atoms with Crippen molar-refractivity contribution in [2.45, 2.75) is 46.1 Å². The van der Waals surface area contributed by atoms with Crippen LogP contribution in [0.15, 0.2) is 0 Å². The standard InChI is InChI=1S/C12H25NO2S/c1-4-13-12(6-5-10(2)3)11-7-8-16(14,15)9-11/h10-13H,4-9H2,1-3H3. The van der Waals surface area contributed by atoms with Crippen LogP contribution in [0.2, 0.25) is 0 Å². The van der Waals surface area contributed by atoms with Crippen molar-refractivity contribution in [2.75, 3.05) is 18.1 Å². The van der Waals surface area contributed by atoms with Gasteiger partial charge in [-0.15, -0.1) is 0 Å². The second-order valence-electron chi connectivity index (χ2n) is 5.30. The van der Waals surface area contributed by atoms with E-state index in [1.165, 1.54) is 6.42 Å². The maximum absolute atomic E-state index is 11.5. The summed E-state index contributed by atoms with van der Waals surface area (Å²) in [6.07, 6.45) is 3.12. The van der Waals surface area contributed by atoms with Crippen LogP contribution in [-0.4, -0.2) is 32.5 Å². The lowest BCUT2D eigenvalue weighted by Gasteiger charge is -2.24. The van der Waals surface area contributed by atoms with E-state index in [0.717, 1.165) is 19.4 Å². The van der Waals surface area contributed by atoms with Crippen molar-refractivity contribution in [3.05, 3.63) is 0 Å². The van der Waals surface area contributed by atoms with Gasteiger partial charge in [-0.2, -0.15) is 0 Å². The van der Waals surface area contributed by atoms with E-state index >= 15 is 0 Å². The minimum atomic E-state index is -2.74. The molecule has 16 heavy (non-hydrogen) atoms. The fraction of sp³-hybridized carbons (Fsp3) is 1.00. The maximum atomic E-state index is 11.5. The Balaban J connectivity index is 2.50. The lowest BCUT2D eigenvalue weighted by Crippen LogP contribution is -2.37. The zero-order valence-electron chi connectivity index (χ0n) is 10.7. The van der Waals surface area contributed by atoms with Crippen LogP contribution in [0.4, 0.5) is 0 Å². The van der Waals surface area contributed by atoms with Crippen LogP contribution in [0.25, 0.3) is 0 Å². The number of nitrogens with one attached hydrogen (secondary N) is 1. The molecule has 0 aromatic carbocycles. The van der Waals surface area contributed by atoms with Crippen molar-refractivity contribution in [1.29, 1.82) is 0 Å². The minimum Gasteiger partial charge on any atom is -0.314 e. The van der Waals surface area contributed by atoms with Gasteiger partial charge in [0, 0.05) is 6.04 Å². The predicted molar refractivity (Wildman–Crippen MR) is 68.3 cm³/mol. The molecule has 1 fully saturated rings. The third kappa shape index (κ3) is 4.42. The summed E-state index contributed by atoms with van der Waals surface area (Å²) in [6, 6.07) is 0.393. The van der Waals surface area contributed by atoms with Crippen LogP contribution in [-0.2, 0) is 9.84 Å². The number of rotatable bonds is 6. The van der Waals surface area contributed by atoms with Crippen molar-refractivity contribution in [3.63, 3.8) is 0 Å². The first-order valence-electron chi connectivity index (χ1n) is 6.38. The van der Waals surface area contributed by atoms with Gasteiger partial charge in [0.2, 0.25) is 0 Å². The summed E-state index contributed by atoms with van der Waals surface area (Å²) in [5.74, 6) is 1.81. The van der Waals surface area contributed by atoms with Crippen LogP contribution < -0.4 is 5.32 Å². The zero-order chi connectivity index (χ0) is 12.2. The molecule has 0 spiro atoms. The molecule has 0 aromatic rings.